The molecule has 92 heavy (non-hydrogen) atoms. The van der Waals surface area contributed by atoms with Crippen molar-refractivity contribution in [1.82, 2.24) is 0 Å². The molecule has 0 aliphatic heterocycles. The lowest BCUT2D eigenvalue weighted by Crippen LogP contribution is -2.30. The molecule has 0 aromatic rings. The summed E-state index contributed by atoms with van der Waals surface area (Å²) in [6.07, 6.45) is 51.4. The van der Waals surface area contributed by atoms with Gasteiger partial charge in [0.05, 0.1) is 26.4 Å². The van der Waals surface area contributed by atoms with E-state index in [0.717, 1.165) is 102 Å². The minimum absolute atomic E-state index is 0.104. The van der Waals surface area contributed by atoms with Gasteiger partial charge in [0.2, 0.25) is 0 Å². The van der Waals surface area contributed by atoms with Gasteiger partial charge in [0.15, 0.2) is 12.2 Å². The third-order valence-electron chi connectivity index (χ3n) is 17.3. The number of aliphatic hydroxyl groups excluding tert-OH is 1. The van der Waals surface area contributed by atoms with Crippen molar-refractivity contribution in [3.8, 4) is 0 Å². The third-order valence-corrected chi connectivity index (χ3v) is 19.2. The lowest BCUT2D eigenvalue weighted by atomic mass is 9.99. The number of hydrogen-bond donors (Lipinski definition) is 3. The maximum absolute atomic E-state index is 13.1. The Hall–Kier alpha value is -1.94. The first-order valence-corrected chi connectivity index (χ1v) is 41.0. The van der Waals surface area contributed by atoms with Gasteiger partial charge in [-0.25, -0.2) is 9.13 Å². The van der Waals surface area contributed by atoms with E-state index in [-0.39, 0.29) is 25.7 Å². The first kappa shape index (κ1) is 90.1. The number of unbranched alkanes of at least 4 members (excludes halogenated alkanes) is 41. The zero-order chi connectivity index (χ0) is 67.9. The van der Waals surface area contributed by atoms with Gasteiger partial charge in [-0.05, 0) is 37.5 Å². The van der Waals surface area contributed by atoms with Gasteiger partial charge in [-0.1, -0.05) is 324 Å². The number of rotatable bonds is 72. The van der Waals surface area contributed by atoms with Gasteiger partial charge in [-0.2, -0.15) is 0 Å². The second-order valence-corrected chi connectivity index (χ2v) is 30.0. The lowest BCUT2D eigenvalue weighted by molar-refractivity contribution is -0.161. The van der Waals surface area contributed by atoms with E-state index in [2.05, 4.69) is 41.5 Å². The molecule has 0 amide bonds. The summed E-state index contributed by atoms with van der Waals surface area (Å²) in [7, 11) is -9.90. The van der Waals surface area contributed by atoms with Crippen LogP contribution in [0.15, 0.2) is 0 Å². The Labute approximate surface area is 562 Å². The molecule has 0 aromatic heterocycles. The van der Waals surface area contributed by atoms with Crippen molar-refractivity contribution in [3.63, 3.8) is 0 Å². The summed E-state index contributed by atoms with van der Waals surface area (Å²) in [4.78, 5) is 72.6. The van der Waals surface area contributed by atoms with Crippen molar-refractivity contribution in [3.05, 3.63) is 0 Å². The molecule has 0 fully saturated rings. The Morgan fingerprint density at radius 3 is 0.826 bits per heavy atom. The van der Waals surface area contributed by atoms with E-state index >= 15 is 0 Å². The van der Waals surface area contributed by atoms with Crippen LogP contribution < -0.4 is 0 Å². The van der Waals surface area contributed by atoms with Crippen molar-refractivity contribution >= 4 is 39.5 Å². The van der Waals surface area contributed by atoms with Gasteiger partial charge in [0.25, 0.3) is 0 Å². The topological polar surface area (TPSA) is 237 Å². The van der Waals surface area contributed by atoms with Gasteiger partial charge in [-0.3, -0.25) is 37.3 Å². The molecule has 17 nitrogen and oxygen atoms in total. The van der Waals surface area contributed by atoms with Gasteiger partial charge in [-0.15, -0.1) is 0 Å². The van der Waals surface area contributed by atoms with Crippen molar-refractivity contribution in [2.45, 2.75) is 394 Å². The standard InChI is InChI=1S/C73H142O17P2/c1-7-10-12-14-16-18-20-22-24-25-26-28-30-32-37-45-51-57-72(77)89-68(61-83-70(75)55-49-43-36-31-29-27-23-21-19-17-15-13-11-8-2)63-87-91(79,80)85-59-67(74)60-86-92(81,82)88-64-69(62-84-71(76)56-50-44-40-39-41-47-53-65(4)5)90-73(78)58-52-46-38-34-33-35-42-48-54-66(6)9-3/h65-69,74H,7-64H2,1-6H3,(H,79,80)(H,81,82)/t66?,67-,68-,69-/m1/s1. The molecule has 0 aliphatic rings. The van der Waals surface area contributed by atoms with Crippen molar-refractivity contribution in [1.29, 1.82) is 0 Å². The Morgan fingerprint density at radius 2 is 0.554 bits per heavy atom. The maximum Gasteiger partial charge on any atom is 0.472 e. The highest BCUT2D eigenvalue weighted by molar-refractivity contribution is 7.47. The summed E-state index contributed by atoms with van der Waals surface area (Å²) < 4.78 is 68.4. The molecule has 0 aliphatic carbocycles. The predicted octanol–water partition coefficient (Wildman–Crippen LogP) is 21.2. The van der Waals surface area contributed by atoms with E-state index in [0.29, 0.717) is 31.6 Å². The summed E-state index contributed by atoms with van der Waals surface area (Å²) in [6.45, 7) is 9.49. The molecule has 6 atom stereocenters. The van der Waals surface area contributed by atoms with Crippen LogP contribution in [0.25, 0.3) is 0 Å². The van der Waals surface area contributed by atoms with Gasteiger partial charge in [0, 0.05) is 25.7 Å². The Kier molecular flexibility index (Phi) is 63.7. The SMILES string of the molecule is CCCCCCCCCCCCCCCCCCCC(=O)O[C@H](COC(=O)CCCCCCCCCCCCCCCC)COP(=O)(O)OC[C@@H](O)COP(=O)(O)OC[C@@H](COC(=O)CCCCCCCCC(C)C)OC(=O)CCCCCCCCCCC(C)CC. The Balaban J connectivity index is 5.24. The number of esters is 4. The quantitative estimate of drug-likeness (QED) is 0.0222. The normalized spacial score (nSPS) is 14.4. The fraction of sp³-hybridized carbons (Fsp3) is 0.945. The average Bonchev–Trinajstić information content (AvgIpc) is 3.46. The fourth-order valence-corrected chi connectivity index (χ4v) is 12.7. The maximum atomic E-state index is 13.1. The molecule has 0 spiro atoms. The van der Waals surface area contributed by atoms with Crippen molar-refractivity contribution < 1.29 is 80.2 Å². The number of aliphatic hydroxyl groups is 1. The number of phosphoric ester groups is 2. The van der Waals surface area contributed by atoms with Crippen LogP contribution in [0.3, 0.4) is 0 Å². The van der Waals surface area contributed by atoms with Gasteiger partial charge in [0.1, 0.15) is 19.3 Å². The monoisotopic (exact) mass is 1350 g/mol. The van der Waals surface area contributed by atoms with Crippen LogP contribution in [0, 0.1) is 11.8 Å². The smallest absolute Gasteiger partial charge is 0.462 e. The van der Waals surface area contributed by atoms with Gasteiger partial charge < -0.3 is 33.8 Å². The van der Waals surface area contributed by atoms with Crippen LogP contribution in [0.4, 0.5) is 0 Å². The Bertz CT molecular complexity index is 1790. The largest absolute Gasteiger partial charge is 0.472 e. The molecule has 0 aromatic carbocycles. The highest BCUT2D eigenvalue weighted by Crippen LogP contribution is 2.45. The van der Waals surface area contributed by atoms with Crippen molar-refractivity contribution in [2.75, 3.05) is 39.6 Å². The average molecular weight is 1350 g/mol. The third kappa shape index (κ3) is 65.4. The molecular formula is C73H142O17P2. The van der Waals surface area contributed by atoms with Crippen LogP contribution >= 0.6 is 15.6 Å². The molecule has 19 heteroatoms. The number of phosphoric acid groups is 2. The summed E-state index contributed by atoms with van der Waals surface area (Å²) in [5.74, 6) is -0.673. The summed E-state index contributed by atoms with van der Waals surface area (Å²) >= 11 is 0. The zero-order valence-corrected chi connectivity index (χ0v) is 61.6. The van der Waals surface area contributed by atoms with Gasteiger partial charge >= 0.3 is 39.5 Å². The minimum Gasteiger partial charge on any atom is -0.462 e. The molecular weight excluding hydrogens is 1210 g/mol. The number of carbonyl (C=O) groups excluding carboxylic acids is 4. The summed E-state index contributed by atoms with van der Waals surface area (Å²) in [6, 6.07) is 0. The fourth-order valence-electron chi connectivity index (χ4n) is 11.1. The molecule has 0 rings (SSSR count). The van der Waals surface area contributed by atoms with E-state index in [1.807, 2.05) is 0 Å². The number of ether oxygens (including phenoxy) is 4. The summed E-state index contributed by atoms with van der Waals surface area (Å²) in [5, 5.41) is 10.6. The molecule has 3 unspecified atom stereocenters. The predicted molar refractivity (Wildman–Crippen MR) is 372 cm³/mol. The first-order chi connectivity index (χ1) is 44.4. The van der Waals surface area contributed by atoms with E-state index < -0.39 is 97.5 Å². The second kappa shape index (κ2) is 65.0. The highest BCUT2D eigenvalue weighted by Gasteiger charge is 2.30. The van der Waals surface area contributed by atoms with Crippen LogP contribution in [-0.2, 0) is 65.4 Å². The zero-order valence-electron chi connectivity index (χ0n) is 59.9. The van der Waals surface area contributed by atoms with E-state index in [9.17, 15) is 43.2 Å². The number of carbonyl (C=O) groups is 4. The molecule has 3 N–H and O–H groups in total. The molecule has 0 bridgehead atoms. The van der Waals surface area contributed by atoms with Crippen molar-refractivity contribution in [2.24, 2.45) is 11.8 Å². The molecule has 0 heterocycles. The first-order valence-electron chi connectivity index (χ1n) is 38.0. The van der Waals surface area contributed by atoms with E-state index in [1.165, 1.54) is 186 Å². The van der Waals surface area contributed by atoms with E-state index in [4.69, 9.17) is 37.0 Å². The molecule has 546 valence electrons. The van der Waals surface area contributed by atoms with Crippen LogP contribution in [0.5, 0.6) is 0 Å². The second-order valence-electron chi connectivity index (χ2n) is 27.1. The summed E-state index contributed by atoms with van der Waals surface area (Å²) in [5.41, 5.74) is 0. The molecule has 0 saturated carbocycles. The van der Waals surface area contributed by atoms with Crippen LogP contribution in [0.1, 0.15) is 375 Å². The van der Waals surface area contributed by atoms with Crippen LogP contribution in [0.2, 0.25) is 0 Å². The van der Waals surface area contributed by atoms with E-state index in [1.54, 1.807) is 0 Å². The Morgan fingerprint density at radius 1 is 0.315 bits per heavy atom. The lowest BCUT2D eigenvalue weighted by Gasteiger charge is -2.21. The molecule has 0 radical (unpaired) electrons. The van der Waals surface area contributed by atoms with Crippen LogP contribution in [-0.4, -0.2) is 96.7 Å². The number of hydrogen-bond acceptors (Lipinski definition) is 15. The highest BCUT2D eigenvalue weighted by atomic mass is 31.2. The minimum atomic E-state index is -4.95. The molecule has 0 saturated heterocycles.